The fourth-order valence-electron chi connectivity index (χ4n) is 8.85. The second kappa shape index (κ2) is 44.4. The number of unbranched alkanes of at least 4 members (excludes halogenated alkanes) is 4. The van der Waals surface area contributed by atoms with Gasteiger partial charge < -0.3 is 89.9 Å². The van der Waals surface area contributed by atoms with Gasteiger partial charge in [0.15, 0.2) is 18.9 Å². The van der Waals surface area contributed by atoms with Crippen LogP contribution in [0.25, 0.3) is 0 Å². The first-order chi connectivity index (χ1) is 39.8. The molecule has 0 radical (unpaired) electrons. The molecule has 82 heavy (non-hydrogen) atoms. The van der Waals surface area contributed by atoms with E-state index in [-0.39, 0.29) is 18.9 Å². The summed E-state index contributed by atoms with van der Waals surface area (Å²) in [5, 5.41) is 119. The van der Waals surface area contributed by atoms with Crippen LogP contribution in [0.4, 0.5) is 0 Å². The predicted octanol–water partition coefficient (Wildman–Crippen LogP) is 5.09. The summed E-state index contributed by atoms with van der Waals surface area (Å²) in [6, 6.07) is -1.00. The van der Waals surface area contributed by atoms with Crippen LogP contribution in [0.1, 0.15) is 123 Å². The summed E-state index contributed by atoms with van der Waals surface area (Å²) >= 11 is 0. The van der Waals surface area contributed by atoms with Gasteiger partial charge in [-0.25, -0.2) is 0 Å². The first kappa shape index (κ1) is 72.2. The first-order valence-electron chi connectivity index (χ1n) is 29.4. The molecule has 0 aliphatic carbocycles. The number of allylic oxidation sites excluding steroid dienone is 21. The molecule has 17 unspecified atom stereocenters. The molecule has 0 bridgehead atoms. The molecule has 3 aliphatic rings. The third-order valence-corrected chi connectivity index (χ3v) is 13.7. The Bertz CT molecular complexity index is 2010. The number of hydrogen-bond acceptors (Lipinski definition) is 18. The number of carbonyl (C=O) groups excluding carboxylic acids is 1. The van der Waals surface area contributed by atoms with Gasteiger partial charge in [0.25, 0.3) is 0 Å². The molecular weight excluding hydrogens is 1060 g/mol. The minimum absolute atomic E-state index is 0.176. The van der Waals surface area contributed by atoms with Crippen molar-refractivity contribution < 1.29 is 89.4 Å². The predicted molar refractivity (Wildman–Crippen MR) is 313 cm³/mol. The Labute approximate surface area is 486 Å². The maximum atomic E-state index is 13.1. The maximum Gasteiger partial charge on any atom is 0.220 e. The average Bonchev–Trinajstić information content (AvgIpc) is 3.49. The molecule has 1 amide bonds. The van der Waals surface area contributed by atoms with Gasteiger partial charge in [-0.05, 0) is 89.9 Å². The molecular formula is C63H99NO18. The summed E-state index contributed by atoms with van der Waals surface area (Å²) in [7, 11) is 0. The molecule has 0 aromatic rings. The Kier molecular flexibility index (Phi) is 39.1. The van der Waals surface area contributed by atoms with Gasteiger partial charge in [0.05, 0.1) is 38.6 Å². The molecule has 19 heteroatoms. The van der Waals surface area contributed by atoms with Crippen molar-refractivity contribution in [2.75, 3.05) is 26.4 Å². The average molecular weight is 1160 g/mol. The van der Waals surface area contributed by atoms with Crippen LogP contribution in [0, 0.1) is 0 Å². The van der Waals surface area contributed by atoms with Gasteiger partial charge in [-0.3, -0.25) is 4.79 Å². The van der Waals surface area contributed by atoms with E-state index in [9.17, 15) is 61.0 Å². The number of aliphatic hydroxyl groups is 11. The largest absolute Gasteiger partial charge is 0.394 e. The van der Waals surface area contributed by atoms with E-state index in [0.717, 1.165) is 89.9 Å². The van der Waals surface area contributed by atoms with Crippen LogP contribution >= 0.6 is 0 Å². The monoisotopic (exact) mass is 1160 g/mol. The second-order valence-corrected chi connectivity index (χ2v) is 20.4. The normalized spacial score (nSPS) is 30.6. The molecule has 0 aromatic heterocycles. The number of ether oxygens (including phenoxy) is 6. The first-order valence-corrected chi connectivity index (χ1v) is 29.4. The molecule has 3 rings (SSSR count). The van der Waals surface area contributed by atoms with E-state index in [0.29, 0.717) is 12.8 Å². The number of amides is 1. The van der Waals surface area contributed by atoms with Crippen LogP contribution < -0.4 is 5.32 Å². The summed E-state index contributed by atoms with van der Waals surface area (Å²) in [5.41, 5.74) is 0. The van der Waals surface area contributed by atoms with Crippen molar-refractivity contribution in [1.29, 1.82) is 0 Å². The zero-order valence-corrected chi connectivity index (χ0v) is 48.1. The van der Waals surface area contributed by atoms with E-state index in [1.807, 2.05) is 6.92 Å². The summed E-state index contributed by atoms with van der Waals surface area (Å²) in [6.07, 6.45) is 34.1. The van der Waals surface area contributed by atoms with Crippen molar-refractivity contribution >= 4 is 5.91 Å². The Morgan fingerprint density at radius 1 is 0.451 bits per heavy atom. The van der Waals surface area contributed by atoms with E-state index < -0.39 is 124 Å². The van der Waals surface area contributed by atoms with Crippen molar-refractivity contribution in [2.24, 2.45) is 0 Å². The zero-order chi connectivity index (χ0) is 59.7. The Hall–Kier alpha value is -4.07. The van der Waals surface area contributed by atoms with Gasteiger partial charge in [-0.1, -0.05) is 160 Å². The summed E-state index contributed by atoms with van der Waals surface area (Å²) < 4.78 is 33.9. The molecule has 12 N–H and O–H groups in total. The van der Waals surface area contributed by atoms with Crippen molar-refractivity contribution in [2.45, 2.75) is 227 Å². The smallest absolute Gasteiger partial charge is 0.220 e. The van der Waals surface area contributed by atoms with Gasteiger partial charge in [-0.15, -0.1) is 0 Å². The Balaban J connectivity index is 1.35. The van der Waals surface area contributed by atoms with E-state index in [2.05, 4.69) is 134 Å². The molecule has 0 aromatic carbocycles. The van der Waals surface area contributed by atoms with Crippen molar-refractivity contribution in [3.8, 4) is 0 Å². The molecule has 19 nitrogen and oxygen atoms in total. The summed E-state index contributed by atoms with van der Waals surface area (Å²) in [4.78, 5) is 13.1. The molecule has 3 saturated heterocycles. The van der Waals surface area contributed by atoms with Crippen LogP contribution in [-0.2, 0) is 33.2 Å². The molecule has 3 fully saturated rings. The van der Waals surface area contributed by atoms with Gasteiger partial charge >= 0.3 is 0 Å². The van der Waals surface area contributed by atoms with E-state index in [1.165, 1.54) is 0 Å². The molecule has 17 atom stereocenters. The number of hydrogen-bond donors (Lipinski definition) is 12. The third kappa shape index (κ3) is 27.8. The summed E-state index contributed by atoms with van der Waals surface area (Å²) in [6.45, 7) is 1.34. The standard InChI is InChI=1S/C63H99NO18/c1-3-5-7-9-10-11-12-13-14-15-16-17-18-19-20-21-22-23-24-25-26-27-28-29-30-31-32-33-34-35-36-37-39-41-51(69)64-46(47(68)40-38-8-6-4-2)45-77-61-57(75)54(72)59(49(43-66)79-61)82-63-58(76)55(73)60(50(44-67)80-63)81-62-56(74)53(71)52(70)48(42-65)78-62/h5,7,10-11,13-14,16-17,19-20,22-23,25-26,28-29,31-32,34-35,38,40,46-50,52-63,65-68,70-76H,3-4,6,8-9,12,15,18,21,24,27,30,33,36-37,39,41-45H2,1-2H3,(H,64,69)/b7-5-,11-10-,14-13-,17-16-,20-19-,23-22-,26-25-,29-28-,32-31-,35-34-,40-38+. The minimum Gasteiger partial charge on any atom is -0.394 e. The highest BCUT2D eigenvalue weighted by Crippen LogP contribution is 2.33. The van der Waals surface area contributed by atoms with Crippen LogP contribution in [0.5, 0.6) is 0 Å². The van der Waals surface area contributed by atoms with Crippen LogP contribution in [0.2, 0.25) is 0 Å². The quantitative estimate of drug-likeness (QED) is 0.0281. The number of rotatable bonds is 40. The number of aliphatic hydroxyl groups excluding tert-OH is 11. The Morgan fingerprint density at radius 3 is 1.26 bits per heavy atom. The highest BCUT2D eigenvalue weighted by atomic mass is 16.8. The topological polar surface area (TPSA) is 307 Å². The second-order valence-electron chi connectivity index (χ2n) is 20.4. The van der Waals surface area contributed by atoms with Crippen LogP contribution in [-0.4, -0.2) is 193 Å². The number of nitrogens with one attached hydrogen (secondary N) is 1. The SMILES string of the molecule is CC/C=C\C/C=C\C/C=C\C/C=C\C/C=C\C/C=C\C/C=C\C/C=C\C/C=C\C/C=C\CCCCC(=O)NC(COC1OC(CO)C(OC2OC(CO)C(OC3OC(CO)C(O)C(O)C3O)C(O)C2O)C(O)C1O)C(O)/C=C/CCCC. The lowest BCUT2D eigenvalue weighted by molar-refractivity contribution is -0.379. The van der Waals surface area contributed by atoms with Crippen LogP contribution in [0.3, 0.4) is 0 Å². The fourth-order valence-corrected chi connectivity index (χ4v) is 8.85. The zero-order valence-electron chi connectivity index (χ0n) is 48.1. The highest BCUT2D eigenvalue weighted by molar-refractivity contribution is 5.76. The molecule has 464 valence electrons. The highest BCUT2D eigenvalue weighted by Gasteiger charge is 2.53. The molecule has 3 aliphatic heterocycles. The lowest BCUT2D eigenvalue weighted by Crippen LogP contribution is -2.66. The van der Waals surface area contributed by atoms with E-state index in [1.54, 1.807) is 12.2 Å². The lowest BCUT2D eigenvalue weighted by atomic mass is 9.96. The van der Waals surface area contributed by atoms with Gasteiger partial charge in [0.1, 0.15) is 73.2 Å². The van der Waals surface area contributed by atoms with Gasteiger partial charge in [-0.2, -0.15) is 0 Å². The van der Waals surface area contributed by atoms with E-state index >= 15 is 0 Å². The maximum absolute atomic E-state index is 13.1. The van der Waals surface area contributed by atoms with Gasteiger partial charge in [0, 0.05) is 6.42 Å². The molecule has 0 spiro atoms. The minimum atomic E-state index is -1.99. The van der Waals surface area contributed by atoms with Crippen LogP contribution in [0.15, 0.2) is 134 Å². The van der Waals surface area contributed by atoms with Crippen molar-refractivity contribution in [3.05, 3.63) is 134 Å². The third-order valence-electron chi connectivity index (χ3n) is 13.7. The van der Waals surface area contributed by atoms with Crippen molar-refractivity contribution in [3.63, 3.8) is 0 Å². The molecule has 3 heterocycles. The summed E-state index contributed by atoms with van der Waals surface area (Å²) in [5.74, 6) is -0.336. The lowest BCUT2D eigenvalue weighted by Gasteiger charge is -2.48. The number of carbonyl (C=O) groups is 1. The van der Waals surface area contributed by atoms with E-state index in [4.69, 9.17) is 28.4 Å². The Morgan fingerprint density at radius 2 is 0.829 bits per heavy atom. The fraction of sp³-hybridized carbons (Fsp3) is 0.635. The molecule has 0 saturated carbocycles. The van der Waals surface area contributed by atoms with Crippen molar-refractivity contribution in [1.82, 2.24) is 5.32 Å². The van der Waals surface area contributed by atoms with Gasteiger partial charge in [0.2, 0.25) is 5.91 Å².